The van der Waals surface area contributed by atoms with Crippen LogP contribution in [0, 0.1) is 0 Å². The number of nitrogens with one attached hydrogen (secondary N) is 2. The highest BCUT2D eigenvalue weighted by molar-refractivity contribution is 5.93. The van der Waals surface area contributed by atoms with Crippen LogP contribution in [-0.2, 0) is 0 Å². The standard InChI is InChI=1S/C12H16N6O/c13-10-6-9(16-17-10)12(19)18-5-1-2-8(7-18)11-14-3-4-15-11/h3-4,6,8H,1-2,5,7H2,(H,14,15)(H3,13,16,17)/t8-/m0/s1. The fourth-order valence-electron chi connectivity index (χ4n) is 2.50. The van der Waals surface area contributed by atoms with E-state index in [1.54, 1.807) is 12.3 Å². The Labute approximate surface area is 110 Å². The van der Waals surface area contributed by atoms with Gasteiger partial charge < -0.3 is 15.6 Å². The minimum Gasteiger partial charge on any atom is -0.382 e. The van der Waals surface area contributed by atoms with Crippen LogP contribution in [0.5, 0.6) is 0 Å². The Hall–Kier alpha value is -2.31. The van der Waals surface area contributed by atoms with Crippen molar-refractivity contribution in [2.75, 3.05) is 18.8 Å². The molecule has 0 saturated carbocycles. The van der Waals surface area contributed by atoms with E-state index in [1.807, 2.05) is 11.1 Å². The van der Waals surface area contributed by atoms with Crippen LogP contribution < -0.4 is 5.73 Å². The molecule has 0 aliphatic carbocycles. The van der Waals surface area contributed by atoms with Crippen molar-refractivity contribution in [1.29, 1.82) is 0 Å². The normalized spacial score (nSPS) is 19.6. The number of nitrogens with zero attached hydrogens (tertiary/aromatic N) is 3. The molecule has 7 heteroatoms. The van der Waals surface area contributed by atoms with Gasteiger partial charge in [-0.3, -0.25) is 9.89 Å². The van der Waals surface area contributed by atoms with Gasteiger partial charge in [0.2, 0.25) is 0 Å². The van der Waals surface area contributed by atoms with Crippen molar-refractivity contribution in [1.82, 2.24) is 25.1 Å². The van der Waals surface area contributed by atoms with Gasteiger partial charge in [0.15, 0.2) is 0 Å². The van der Waals surface area contributed by atoms with E-state index in [4.69, 9.17) is 5.73 Å². The zero-order valence-corrected chi connectivity index (χ0v) is 10.5. The van der Waals surface area contributed by atoms with Gasteiger partial charge in [-0.2, -0.15) is 5.10 Å². The van der Waals surface area contributed by atoms with E-state index in [1.165, 1.54) is 0 Å². The van der Waals surface area contributed by atoms with Gasteiger partial charge >= 0.3 is 0 Å². The maximum Gasteiger partial charge on any atom is 0.271 e. The first-order valence-corrected chi connectivity index (χ1v) is 6.33. The lowest BCUT2D eigenvalue weighted by Crippen LogP contribution is -2.39. The molecule has 1 aliphatic heterocycles. The first-order chi connectivity index (χ1) is 9.24. The van der Waals surface area contributed by atoms with Gasteiger partial charge in [-0.1, -0.05) is 0 Å². The second kappa shape index (κ2) is 4.75. The molecule has 0 unspecified atom stereocenters. The topological polar surface area (TPSA) is 104 Å². The van der Waals surface area contributed by atoms with Gasteiger partial charge in [0.1, 0.15) is 17.3 Å². The number of H-pyrrole nitrogens is 2. The lowest BCUT2D eigenvalue weighted by atomic mass is 9.97. The molecule has 19 heavy (non-hydrogen) atoms. The highest BCUT2D eigenvalue weighted by Crippen LogP contribution is 2.25. The quantitative estimate of drug-likeness (QED) is 0.740. The van der Waals surface area contributed by atoms with Crippen molar-refractivity contribution in [3.63, 3.8) is 0 Å². The summed E-state index contributed by atoms with van der Waals surface area (Å²) < 4.78 is 0. The molecule has 2 aromatic heterocycles. The third-order valence-corrected chi connectivity index (χ3v) is 3.44. The van der Waals surface area contributed by atoms with E-state index < -0.39 is 0 Å². The number of hydrogen-bond acceptors (Lipinski definition) is 4. The number of carbonyl (C=O) groups is 1. The second-order valence-corrected chi connectivity index (χ2v) is 4.77. The van der Waals surface area contributed by atoms with E-state index in [9.17, 15) is 4.79 Å². The summed E-state index contributed by atoms with van der Waals surface area (Å²) in [4.78, 5) is 21.5. The maximum absolute atomic E-state index is 12.3. The summed E-state index contributed by atoms with van der Waals surface area (Å²) in [6, 6.07) is 1.57. The molecule has 7 nitrogen and oxygen atoms in total. The largest absolute Gasteiger partial charge is 0.382 e. The highest BCUT2D eigenvalue weighted by atomic mass is 16.2. The Balaban J connectivity index is 1.73. The number of nitrogens with two attached hydrogens (primary N) is 1. The lowest BCUT2D eigenvalue weighted by molar-refractivity contribution is 0.0699. The minimum absolute atomic E-state index is 0.0551. The lowest BCUT2D eigenvalue weighted by Gasteiger charge is -2.31. The molecule has 4 N–H and O–H groups in total. The van der Waals surface area contributed by atoms with E-state index in [-0.39, 0.29) is 11.8 Å². The van der Waals surface area contributed by atoms with Gasteiger partial charge in [0, 0.05) is 37.5 Å². The number of aromatic nitrogens is 4. The SMILES string of the molecule is Nc1cc(C(=O)N2CCC[C@H](c3ncc[nH]3)C2)[nH]n1. The highest BCUT2D eigenvalue weighted by Gasteiger charge is 2.27. The smallest absolute Gasteiger partial charge is 0.271 e. The van der Waals surface area contributed by atoms with E-state index in [2.05, 4.69) is 20.2 Å². The van der Waals surface area contributed by atoms with Crippen molar-refractivity contribution >= 4 is 11.7 Å². The molecule has 1 aliphatic rings. The Morgan fingerprint density at radius 1 is 1.53 bits per heavy atom. The molecule has 1 fully saturated rings. The number of imidazole rings is 1. The molecule has 2 aromatic rings. The van der Waals surface area contributed by atoms with Crippen LogP contribution in [0.25, 0.3) is 0 Å². The first-order valence-electron chi connectivity index (χ1n) is 6.33. The fourth-order valence-corrected chi connectivity index (χ4v) is 2.50. The van der Waals surface area contributed by atoms with Crippen LogP contribution in [0.15, 0.2) is 18.5 Å². The number of amides is 1. The number of carbonyl (C=O) groups excluding carboxylic acids is 1. The van der Waals surface area contributed by atoms with Crippen LogP contribution in [0.4, 0.5) is 5.82 Å². The summed E-state index contributed by atoms with van der Waals surface area (Å²) in [6.45, 7) is 1.43. The predicted octanol–water partition coefficient (Wildman–Crippen LogP) is 0.735. The summed E-state index contributed by atoms with van der Waals surface area (Å²) >= 11 is 0. The molecule has 1 atom stereocenters. The Bertz CT molecular complexity index is 561. The number of aromatic amines is 2. The fraction of sp³-hybridized carbons (Fsp3) is 0.417. The van der Waals surface area contributed by atoms with Gasteiger partial charge in [0.05, 0.1) is 0 Å². The van der Waals surface area contributed by atoms with Crippen LogP contribution in [0.2, 0.25) is 0 Å². The van der Waals surface area contributed by atoms with Gasteiger partial charge in [-0.05, 0) is 12.8 Å². The number of piperidine rings is 1. The number of anilines is 1. The molecular weight excluding hydrogens is 244 g/mol. The maximum atomic E-state index is 12.3. The monoisotopic (exact) mass is 260 g/mol. The molecule has 3 heterocycles. The number of likely N-dealkylation sites (tertiary alicyclic amines) is 1. The van der Waals surface area contributed by atoms with Gasteiger partial charge in [0.25, 0.3) is 5.91 Å². The summed E-state index contributed by atoms with van der Waals surface area (Å²) in [6.07, 6.45) is 5.57. The zero-order chi connectivity index (χ0) is 13.2. The molecule has 0 aromatic carbocycles. The van der Waals surface area contributed by atoms with Crippen LogP contribution >= 0.6 is 0 Å². The molecule has 0 bridgehead atoms. The average molecular weight is 260 g/mol. The average Bonchev–Trinajstić information content (AvgIpc) is 3.09. The molecule has 100 valence electrons. The number of nitrogen functional groups attached to an aromatic ring is 1. The van der Waals surface area contributed by atoms with Crippen LogP contribution in [-0.4, -0.2) is 44.1 Å². The second-order valence-electron chi connectivity index (χ2n) is 4.77. The third kappa shape index (κ3) is 2.31. The molecule has 1 saturated heterocycles. The summed E-state index contributed by atoms with van der Waals surface area (Å²) in [5.41, 5.74) is 5.96. The van der Waals surface area contributed by atoms with E-state index in [0.717, 1.165) is 25.2 Å². The van der Waals surface area contributed by atoms with Crippen molar-refractivity contribution in [3.05, 3.63) is 30.0 Å². The van der Waals surface area contributed by atoms with Crippen molar-refractivity contribution in [3.8, 4) is 0 Å². The molecule has 3 rings (SSSR count). The minimum atomic E-state index is -0.0551. The molecular formula is C12H16N6O. The van der Waals surface area contributed by atoms with Gasteiger partial charge in [-0.25, -0.2) is 4.98 Å². The first kappa shape index (κ1) is 11.8. The summed E-state index contributed by atoms with van der Waals surface area (Å²) in [5.74, 6) is 1.50. The zero-order valence-electron chi connectivity index (χ0n) is 10.5. The van der Waals surface area contributed by atoms with E-state index >= 15 is 0 Å². The van der Waals surface area contributed by atoms with Crippen LogP contribution in [0.3, 0.4) is 0 Å². The number of hydrogen-bond donors (Lipinski definition) is 3. The Morgan fingerprint density at radius 2 is 2.42 bits per heavy atom. The molecule has 1 amide bonds. The predicted molar refractivity (Wildman–Crippen MR) is 69.5 cm³/mol. The number of rotatable bonds is 2. The Morgan fingerprint density at radius 3 is 3.11 bits per heavy atom. The van der Waals surface area contributed by atoms with Crippen LogP contribution in [0.1, 0.15) is 35.1 Å². The molecule has 0 spiro atoms. The Kier molecular flexibility index (Phi) is 2.94. The van der Waals surface area contributed by atoms with Crippen molar-refractivity contribution in [2.45, 2.75) is 18.8 Å². The summed E-state index contributed by atoms with van der Waals surface area (Å²) in [7, 11) is 0. The van der Waals surface area contributed by atoms with Crippen molar-refractivity contribution in [2.24, 2.45) is 0 Å². The third-order valence-electron chi connectivity index (χ3n) is 3.44. The van der Waals surface area contributed by atoms with E-state index in [0.29, 0.717) is 18.1 Å². The summed E-state index contributed by atoms with van der Waals surface area (Å²) in [5, 5.41) is 6.45. The molecule has 0 radical (unpaired) electrons. The van der Waals surface area contributed by atoms with Crippen molar-refractivity contribution < 1.29 is 4.79 Å². The van der Waals surface area contributed by atoms with Gasteiger partial charge in [-0.15, -0.1) is 0 Å².